The van der Waals surface area contributed by atoms with Gasteiger partial charge in [0.1, 0.15) is 0 Å². The Morgan fingerprint density at radius 2 is 1.78 bits per heavy atom. The molecule has 2 aromatic rings. The Balaban J connectivity index is 2.27. The van der Waals surface area contributed by atoms with Crippen LogP contribution in [0.4, 0.5) is 13.2 Å². The molecule has 3 rings (SSSR count). The molecule has 0 N–H and O–H groups in total. The molecule has 1 aromatic heterocycles. The van der Waals surface area contributed by atoms with E-state index in [0.717, 1.165) is 6.07 Å². The molecule has 0 unspecified atom stereocenters. The molecule has 0 amide bonds. The van der Waals surface area contributed by atoms with Crippen molar-refractivity contribution in [2.45, 2.75) is 39.8 Å². The van der Waals surface area contributed by atoms with Gasteiger partial charge in [-0.05, 0) is 37.0 Å². The molecule has 0 saturated carbocycles. The van der Waals surface area contributed by atoms with Crippen molar-refractivity contribution in [3.63, 3.8) is 0 Å². The molecule has 0 spiro atoms. The largest absolute Gasteiger partial charge is 0.418 e. The molecule has 1 aliphatic rings. The number of hydrogen-bond donors (Lipinski definition) is 0. The number of aromatic nitrogens is 1. The minimum absolute atomic E-state index is 0.00240. The summed E-state index contributed by atoms with van der Waals surface area (Å²) in [4.78, 5) is 12.3. The molecule has 0 bridgehead atoms. The van der Waals surface area contributed by atoms with Crippen LogP contribution in [0.3, 0.4) is 0 Å². The highest BCUT2D eigenvalue weighted by Gasteiger charge is 2.37. The molecule has 1 aliphatic carbocycles. The highest BCUT2D eigenvalue weighted by atomic mass is 19.4. The van der Waals surface area contributed by atoms with Gasteiger partial charge in [-0.15, -0.1) is 0 Å². The van der Waals surface area contributed by atoms with E-state index in [-0.39, 0.29) is 16.9 Å². The van der Waals surface area contributed by atoms with Gasteiger partial charge in [-0.2, -0.15) is 13.2 Å². The van der Waals surface area contributed by atoms with E-state index in [9.17, 15) is 18.0 Å². The van der Waals surface area contributed by atoms with Crippen molar-refractivity contribution in [1.29, 1.82) is 0 Å². The van der Waals surface area contributed by atoms with Crippen LogP contribution in [0.25, 0.3) is 5.69 Å². The number of para-hydroxylation sites is 1. The minimum Gasteiger partial charge on any atom is -0.317 e. The van der Waals surface area contributed by atoms with E-state index < -0.39 is 11.7 Å². The SMILES string of the molecule is Cc1cc2c(n1-c1ccccc1C(F)(F)F)CC(C)(C)CC2=O. The summed E-state index contributed by atoms with van der Waals surface area (Å²) in [5.74, 6) is 0.00240. The van der Waals surface area contributed by atoms with Crippen molar-refractivity contribution in [2.24, 2.45) is 5.41 Å². The molecule has 23 heavy (non-hydrogen) atoms. The summed E-state index contributed by atoms with van der Waals surface area (Å²) < 4.78 is 41.7. The van der Waals surface area contributed by atoms with Crippen LogP contribution in [0, 0.1) is 12.3 Å². The van der Waals surface area contributed by atoms with E-state index in [2.05, 4.69) is 0 Å². The van der Waals surface area contributed by atoms with Crippen molar-refractivity contribution in [3.8, 4) is 5.69 Å². The standard InChI is InChI=1S/C18H18F3NO/c1-11-8-12-15(9-17(2,3)10-16(12)23)22(11)14-7-5-4-6-13(14)18(19,20)21/h4-8H,9-10H2,1-3H3. The Hall–Kier alpha value is -2.04. The van der Waals surface area contributed by atoms with Crippen LogP contribution in [-0.4, -0.2) is 10.4 Å². The predicted octanol–water partition coefficient (Wildman–Crippen LogP) is 4.96. The van der Waals surface area contributed by atoms with Crippen molar-refractivity contribution in [2.75, 3.05) is 0 Å². The lowest BCUT2D eigenvalue weighted by Gasteiger charge is -2.30. The molecule has 1 heterocycles. The maximum atomic E-state index is 13.4. The Kier molecular flexibility index (Phi) is 3.43. The lowest BCUT2D eigenvalue weighted by molar-refractivity contribution is -0.137. The third kappa shape index (κ3) is 2.69. The second-order valence-corrected chi connectivity index (χ2v) is 6.94. The first-order valence-electron chi connectivity index (χ1n) is 7.51. The second kappa shape index (κ2) is 4.98. The minimum atomic E-state index is -4.44. The lowest BCUT2D eigenvalue weighted by atomic mass is 9.76. The number of fused-ring (bicyclic) bond motifs is 1. The Labute approximate surface area is 132 Å². The summed E-state index contributed by atoms with van der Waals surface area (Å²) in [6.45, 7) is 5.68. The van der Waals surface area contributed by atoms with Crippen molar-refractivity contribution < 1.29 is 18.0 Å². The van der Waals surface area contributed by atoms with Gasteiger partial charge < -0.3 is 4.57 Å². The number of hydrogen-bond acceptors (Lipinski definition) is 1. The van der Waals surface area contributed by atoms with Crippen LogP contribution in [0.1, 0.15) is 47.6 Å². The normalized spacial score (nSPS) is 17.2. The molecule has 0 fully saturated rings. The molecule has 5 heteroatoms. The van der Waals surface area contributed by atoms with Crippen molar-refractivity contribution in [3.05, 3.63) is 52.8 Å². The average Bonchev–Trinajstić information content (AvgIpc) is 2.73. The highest BCUT2D eigenvalue weighted by molar-refractivity contribution is 5.99. The number of ketones is 1. The first kappa shape index (κ1) is 15.8. The third-order valence-corrected chi connectivity index (χ3v) is 4.32. The summed E-state index contributed by atoms with van der Waals surface area (Å²) in [6, 6.07) is 7.22. The number of halogens is 3. The average molecular weight is 321 g/mol. The lowest BCUT2D eigenvalue weighted by Crippen LogP contribution is -2.28. The summed E-state index contributed by atoms with van der Waals surface area (Å²) in [7, 11) is 0. The molecule has 0 radical (unpaired) electrons. The van der Waals surface area contributed by atoms with Crippen LogP contribution < -0.4 is 0 Å². The first-order chi connectivity index (χ1) is 10.6. The van der Waals surface area contributed by atoms with E-state index in [0.29, 0.717) is 29.8 Å². The van der Waals surface area contributed by atoms with Crippen molar-refractivity contribution in [1.82, 2.24) is 4.57 Å². The second-order valence-electron chi connectivity index (χ2n) is 6.94. The fourth-order valence-electron chi connectivity index (χ4n) is 3.40. The number of Topliss-reactive ketones (excluding diaryl/α,β-unsaturated/α-hetero) is 1. The topological polar surface area (TPSA) is 22.0 Å². The fraction of sp³-hybridized carbons (Fsp3) is 0.389. The molecule has 0 atom stereocenters. The zero-order valence-corrected chi connectivity index (χ0v) is 13.3. The van der Waals surface area contributed by atoms with E-state index >= 15 is 0 Å². The monoisotopic (exact) mass is 321 g/mol. The predicted molar refractivity (Wildman–Crippen MR) is 81.9 cm³/mol. The van der Waals surface area contributed by atoms with Gasteiger partial charge in [-0.3, -0.25) is 4.79 Å². The molecular formula is C18H18F3NO. The summed E-state index contributed by atoms with van der Waals surface area (Å²) >= 11 is 0. The highest BCUT2D eigenvalue weighted by Crippen LogP contribution is 2.40. The number of carbonyl (C=O) groups is 1. The maximum absolute atomic E-state index is 13.4. The number of alkyl halides is 3. The molecule has 1 aromatic carbocycles. The van der Waals surface area contributed by atoms with Gasteiger partial charge in [0, 0.05) is 23.4 Å². The number of benzene rings is 1. The van der Waals surface area contributed by atoms with Gasteiger partial charge in [-0.1, -0.05) is 26.0 Å². The van der Waals surface area contributed by atoms with E-state index in [1.807, 2.05) is 13.8 Å². The maximum Gasteiger partial charge on any atom is 0.418 e. The van der Waals surface area contributed by atoms with Gasteiger partial charge in [0.05, 0.1) is 11.3 Å². The summed E-state index contributed by atoms with van der Waals surface area (Å²) in [5, 5.41) is 0. The zero-order valence-electron chi connectivity index (χ0n) is 13.3. The van der Waals surface area contributed by atoms with Crippen LogP contribution in [0.5, 0.6) is 0 Å². The van der Waals surface area contributed by atoms with E-state index in [1.54, 1.807) is 23.6 Å². The summed E-state index contributed by atoms with van der Waals surface area (Å²) in [5.41, 5.74) is 1.04. The first-order valence-corrected chi connectivity index (χ1v) is 7.51. The number of nitrogens with zero attached hydrogens (tertiary/aromatic N) is 1. The van der Waals surface area contributed by atoms with Crippen LogP contribution >= 0.6 is 0 Å². The fourth-order valence-corrected chi connectivity index (χ4v) is 3.40. The van der Waals surface area contributed by atoms with Gasteiger partial charge in [-0.25, -0.2) is 0 Å². The van der Waals surface area contributed by atoms with Gasteiger partial charge in [0.25, 0.3) is 0 Å². The Morgan fingerprint density at radius 1 is 1.13 bits per heavy atom. The van der Waals surface area contributed by atoms with Crippen LogP contribution in [0.15, 0.2) is 30.3 Å². The quantitative estimate of drug-likeness (QED) is 0.727. The molecule has 2 nitrogen and oxygen atoms in total. The van der Waals surface area contributed by atoms with Crippen LogP contribution in [0.2, 0.25) is 0 Å². The Bertz CT molecular complexity index is 784. The molecule has 0 aliphatic heterocycles. The number of carbonyl (C=O) groups excluding carboxylic acids is 1. The van der Waals surface area contributed by atoms with E-state index in [1.165, 1.54) is 12.1 Å². The van der Waals surface area contributed by atoms with Gasteiger partial charge in [0.15, 0.2) is 5.78 Å². The van der Waals surface area contributed by atoms with Gasteiger partial charge >= 0.3 is 6.18 Å². The summed E-state index contributed by atoms with van der Waals surface area (Å²) in [6.07, 6.45) is -3.44. The van der Waals surface area contributed by atoms with E-state index in [4.69, 9.17) is 0 Å². The zero-order chi connectivity index (χ0) is 17.0. The molecule has 0 saturated heterocycles. The molecular weight excluding hydrogens is 303 g/mol. The number of aryl methyl sites for hydroxylation is 1. The Morgan fingerprint density at radius 3 is 2.43 bits per heavy atom. The number of rotatable bonds is 1. The third-order valence-electron chi connectivity index (χ3n) is 4.32. The van der Waals surface area contributed by atoms with Gasteiger partial charge in [0.2, 0.25) is 0 Å². The van der Waals surface area contributed by atoms with Crippen molar-refractivity contribution >= 4 is 5.78 Å². The van der Waals surface area contributed by atoms with Crippen LogP contribution in [-0.2, 0) is 12.6 Å². The smallest absolute Gasteiger partial charge is 0.317 e. The molecule has 122 valence electrons.